The van der Waals surface area contributed by atoms with Gasteiger partial charge < -0.3 is 0 Å². The normalized spacial score (nSPS) is 12.6. The molecule has 0 aliphatic carbocycles. The third kappa shape index (κ3) is 5.19. The van der Waals surface area contributed by atoms with Crippen LogP contribution in [-0.2, 0) is 12.4 Å². The van der Waals surface area contributed by atoms with Crippen molar-refractivity contribution in [3.05, 3.63) is 68.7 Å². The van der Waals surface area contributed by atoms with Gasteiger partial charge in [-0.3, -0.25) is 4.79 Å². The number of carbonyl (C=O) groups is 1. The fourth-order valence-corrected chi connectivity index (χ4v) is 2.60. The molecular formula is C17H9BrF6O. The molecule has 0 aliphatic heterocycles. The summed E-state index contributed by atoms with van der Waals surface area (Å²) < 4.78 is 77.4. The first-order valence-corrected chi connectivity index (χ1v) is 7.52. The van der Waals surface area contributed by atoms with Crippen LogP contribution in [0.3, 0.4) is 0 Å². The van der Waals surface area contributed by atoms with Crippen LogP contribution in [0.15, 0.2) is 40.9 Å². The SMILES string of the molecule is O=Cc1cc(Br)cc(/C=C/c2cc(C(F)(F)F)cc(C(F)(F)F)c2)c1. The van der Waals surface area contributed by atoms with Crippen LogP contribution in [-0.4, -0.2) is 6.29 Å². The van der Waals surface area contributed by atoms with E-state index in [2.05, 4.69) is 15.9 Å². The van der Waals surface area contributed by atoms with Crippen molar-refractivity contribution in [2.45, 2.75) is 12.4 Å². The van der Waals surface area contributed by atoms with Crippen molar-refractivity contribution < 1.29 is 31.1 Å². The molecule has 0 saturated carbocycles. The van der Waals surface area contributed by atoms with Crippen LogP contribution < -0.4 is 0 Å². The molecule has 0 radical (unpaired) electrons. The zero-order valence-corrected chi connectivity index (χ0v) is 13.8. The van der Waals surface area contributed by atoms with Gasteiger partial charge in [0.2, 0.25) is 0 Å². The number of hydrogen-bond acceptors (Lipinski definition) is 1. The Balaban J connectivity index is 2.48. The van der Waals surface area contributed by atoms with Crippen molar-refractivity contribution in [3.8, 4) is 0 Å². The van der Waals surface area contributed by atoms with E-state index in [-0.39, 0.29) is 11.6 Å². The Hall–Kier alpha value is -2.09. The molecule has 0 fully saturated rings. The Bertz CT molecular complexity index is 789. The molecule has 0 aliphatic rings. The lowest BCUT2D eigenvalue weighted by atomic mass is 10.0. The summed E-state index contributed by atoms with van der Waals surface area (Å²) in [7, 11) is 0. The van der Waals surface area contributed by atoms with Gasteiger partial charge in [0.05, 0.1) is 11.1 Å². The summed E-state index contributed by atoms with van der Waals surface area (Å²) in [5.41, 5.74) is -2.26. The molecule has 2 aromatic rings. The topological polar surface area (TPSA) is 17.1 Å². The number of halogens is 7. The van der Waals surface area contributed by atoms with Crippen molar-refractivity contribution in [1.82, 2.24) is 0 Å². The molecule has 0 heterocycles. The van der Waals surface area contributed by atoms with Gasteiger partial charge in [-0.2, -0.15) is 26.3 Å². The molecule has 0 saturated heterocycles. The van der Waals surface area contributed by atoms with Gasteiger partial charge in [0.15, 0.2) is 0 Å². The molecule has 8 heteroatoms. The highest BCUT2D eigenvalue weighted by Gasteiger charge is 2.36. The second-order valence-corrected chi connectivity index (χ2v) is 6.02. The summed E-state index contributed by atoms with van der Waals surface area (Å²) in [5.74, 6) is 0. The van der Waals surface area contributed by atoms with E-state index in [1.54, 1.807) is 6.07 Å². The van der Waals surface area contributed by atoms with Gasteiger partial charge in [-0.05, 0) is 47.5 Å². The second-order valence-electron chi connectivity index (χ2n) is 5.11. The van der Waals surface area contributed by atoms with E-state index in [1.807, 2.05) is 0 Å². The molecule has 25 heavy (non-hydrogen) atoms. The Morgan fingerprint density at radius 3 is 1.56 bits per heavy atom. The molecule has 132 valence electrons. The van der Waals surface area contributed by atoms with E-state index in [9.17, 15) is 31.1 Å². The van der Waals surface area contributed by atoms with Crippen molar-refractivity contribution in [2.24, 2.45) is 0 Å². The standard InChI is InChI=1S/C17H9BrF6O/c18-15-6-10(3-12(7-15)9-25)1-2-11-4-13(16(19,20)21)8-14(5-11)17(22,23)24/h1-9H/b2-1+. The minimum absolute atomic E-state index is 0.0704. The molecule has 0 amide bonds. The molecule has 0 N–H and O–H groups in total. The van der Waals surface area contributed by atoms with E-state index >= 15 is 0 Å². The number of carbonyl (C=O) groups excluding carboxylic acids is 1. The lowest BCUT2D eigenvalue weighted by Gasteiger charge is -2.13. The number of hydrogen-bond donors (Lipinski definition) is 0. The van der Waals surface area contributed by atoms with Gasteiger partial charge in [0.1, 0.15) is 6.29 Å². The van der Waals surface area contributed by atoms with Crippen LogP contribution >= 0.6 is 15.9 Å². The molecule has 2 aromatic carbocycles. The van der Waals surface area contributed by atoms with Gasteiger partial charge in [-0.15, -0.1) is 0 Å². The van der Waals surface area contributed by atoms with Gasteiger partial charge in [0, 0.05) is 10.0 Å². The van der Waals surface area contributed by atoms with Gasteiger partial charge in [-0.1, -0.05) is 28.1 Å². The summed E-state index contributed by atoms with van der Waals surface area (Å²) in [4.78, 5) is 10.8. The summed E-state index contributed by atoms with van der Waals surface area (Å²) in [5, 5.41) is 0. The summed E-state index contributed by atoms with van der Waals surface area (Å²) in [6.45, 7) is 0. The van der Waals surface area contributed by atoms with E-state index in [0.29, 0.717) is 34.0 Å². The van der Waals surface area contributed by atoms with Gasteiger partial charge in [0.25, 0.3) is 0 Å². The molecule has 0 bridgehead atoms. The third-order valence-corrected chi connectivity index (χ3v) is 3.61. The van der Waals surface area contributed by atoms with E-state index in [0.717, 1.165) is 6.08 Å². The Kier molecular flexibility index (Phi) is 5.41. The lowest BCUT2D eigenvalue weighted by molar-refractivity contribution is -0.143. The number of rotatable bonds is 3. The molecule has 2 rings (SSSR count). The zero-order valence-electron chi connectivity index (χ0n) is 12.3. The predicted molar refractivity (Wildman–Crippen MR) is 84.9 cm³/mol. The fraction of sp³-hybridized carbons (Fsp3) is 0.118. The minimum Gasteiger partial charge on any atom is -0.298 e. The highest BCUT2D eigenvalue weighted by atomic mass is 79.9. The maximum atomic E-state index is 12.8. The highest BCUT2D eigenvalue weighted by molar-refractivity contribution is 9.10. The zero-order chi connectivity index (χ0) is 18.8. The molecule has 0 atom stereocenters. The summed E-state index contributed by atoms with van der Waals surface area (Å²) in [6.07, 6.45) is -6.77. The first kappa shape index (κ1) is 19.2. The largest absolute Gasteiger partial charge is 0.416 e. The van der Waals surface area contributed by atoms with E-state index < -0.39 is 23.5 Å². The average Bonchev–Trinajstić information content (AvgIpc) is 2.50. The average molecular weight is 423 g/mol. The molecular weight excluding hydrogens is 414 g/mol. The Morgan fingerprint density at radius 2 is 1.12 bits per heavy atom. The second kappa shape index (κ2) is 7.03. The van der Waals surface area contributed by atoms with E-state index in [1.165, 1.54) is 18.2 Å². The van der Waals surface area contributed by atoms with Crippen LogP contribution in [0.1, 0.15) is 32.6 Å². The predicted octanol–water partition coefficient (Wildman–Crippen LogP) is 6.47. The first-order chi connectivity index (χ1) is 11.5. The van der Waals surface area contributed by atoms with Gasteiger partial charge in [-0.25, -0.2) is 0 Å². The van der Waals surface area contributed by atoms with Crippen molar-refractivity contribution in [1.29, 1.82) is 0 Å². The maximum Gasteiger partial charge on any atom is 0.416 e. The number of benzene rings is 2. The number of alkyl halides is 6. The lowest BCUT2D eigenvalue weighted by Crippen LogP contribution is -2.11. The third-order valence-electron chi connectivity index (χ3n) is 3.16. The van der Waals surface area contributed by atoms with Crippen LogP contribution in [0.25, 0.3) is 12.2 Å². The minimum atomic E-state index is -4.90. The molecule has 0 spiro atoms. The Labute approximate surface area is 147 Å². The van der Waals surface area contributed by atoms with Crippen molar-refractivity contribution in [2.75, 3.05) is 0 Å². The summed E-state index contributed by atoms with van der Waals surface area (Å²) in [6, 6.07) is 5.88. The van der Waals surface area contributed by atoms with Crippen molar-refractivity contribution in [3.63, 3.8) is 0 Å². The monoisotopic (exact) mass is 422 g/mol. The summed E-state index contributed by atoms with van der Waals surface area (Å²) >= 11 is 3.17. The van der Waals surface area contributed by atoms with Crippen molar-refractivity contribution >= 4 is 34.4 Å². The van der Waals surface area contributed by atoms with Crippen LogP contribution in [0, 0.1) is 0 Å². The molecule has 0 aromatic heterocycles. The van der Waals surface area contributed by atoms with Crippen LogP contribution in [0.5, 0.6) is 0 Å². The smallest absolute Gasteiger partial charge is 0.298 e. The Morgan fingerprint density at radius 1 is 0.680 bits per heavy atom. The maximum absolute atomic E-state index is 12.8. The first-order valence-electron chi connectivity index (χ1n) is 6.72. The van der Waals surface area contributed by atoms with Gasteiger partial charge >= 0.3 is 12.4 Å². The fourth-order valence-electron chi connectivity index (χ4n) is 2.07. The molecule has 0 unspecified atom stereocenters. The number of aldehydes is 1. The van der Waals surface area contributed by atoms with Crippen LogP contribution in [0.4, 0.5) is 26.3 Å². The quantitative estimate of drug-likeness (QED) is 0.314. The highest BCUT2D eigenvalue weighted by Crippen LogP contribution is 2.36. The van der Waals surface area contributed by atoms with Crippen LogP contribution in [0.2, 0.25) is 0 Å². The molecule has 1 nitrogen and oxygen atoms in total. The van der Waals surface area contributed by atoms with E-state index in [4.69, 9.17) is 0 Å².